The van der Waals surface area contributed by atoms with Gasteiger partial charge in [0.15, 0.2) is 0 Å². The van der Waals surface area contributed by atoms with Crippen molar-refractivity contribution in [3.63, 3.8) is 0 Å². The Morgan fingerprint density at radius 1 is 1.19 bits per heavy atom. The molecule has 0 radical (unpaired) electrons. The Balaban J connectivity index is 2.18. The number of ether oxygens (including phenoxy) is 1. The van der Waals surface area contributed by atoms with Crippen LogP contribution in [0.3, 0.4) is 0 Å². The van der Waals surface area contributed by atoms with E-state index in [4.69, 9.17) is 16.3 Å². The van der Waals surface area contributed by atoms with Gasteiger partial charge < -0.3 is 10.1 Å². The number of aryl methyl sites for hydroxylation is 2. The summed E-state index contributed by atoms with van der Waals surface area (Å²) < 4.78 is 5.36. The first kappa shape index (κ1) is 15.4. The van der Waals surface area contributed by atoms with E-state index in [0.717, 1.165) is 16.8 Å². The van der Waals surface area contributed by atoms with Crippen LogP contribution in [0.2, 0.25) is 5.02 Å². The lowest BCUT2D eigenvalue weighted by atomic mass is 10.1. The monoisotopic (exact) mass is 303 g/mol. The van der Waals surface area contributed by atoms with E-state index in [-0.39, 0.29) is 5.91 Å². The smallest absolute Gasteiger partial charge is 0.255 e. The Labute approximate surface area is 129 Å². The largest absolute Gasteiger partial charge is 0.492 e. The van der Waals surface area contributed by atoms with E-state index in [2.05, 4.69) is 5.32 Å². The predicted octanol–water partition coefficient (Wildman–Crippen LogP) is 4.61. The maximum Gasteiger partial charge on any atom is 0.255 e. The van der Waals surface area contributed by atoms with Crippen LogP contribution < -0.4 is 10.1 Å². The van der Waals surface area contributed by atoms with Gasteiger partial charge in [0.05, 0.1) is 11.6 Å². The molecule has 2 aromatic rings. The molecule has 2 aromatic carbocycles. The number of hydrogen-bond donors (Lipinski definition) is 1. The van der Waals surface area contributed by atoms with Crippen molar-refractivity contribution < 1.29 is 9.53 Å². The zero-order valence-corrected chi connectivity index (χ0v) is 13.1. The highest BCUT2D eigenvalue weighted by molar-refractivity contribution is 6.32. The summed E-state index contributed by atoms with van der Waals surface area (Å²) in [5.41, 5.74) is 3.49. The van der Waals surface area contributed by atoms with Crippen molar-refractivity contribution >= 4 is 23.2 Å². The molecule has 21 heavy (non-hydrogen) atoms. The normalized spacial score (nSPS) is 10.3. The molecule has 110 valence electrons. The molecule has 0 aliphatic rings. The Morgan fingerprint density at radius 2 is 1.95 bits per heavy atom. The van der Waals surface area contributed by atoms with Crippen LogP contribution in [0.15, 0.2) is 36.4 Å². The minimum absolute atomic E-state index is 0.188. The number of carbonyl (C=O) groups is 1. The summed E-state index contributed by atoms with van der Waals surface area (Å²) in [5, 5.41) is 3.33. The SMILES string of the molecule is CCOc1ccc(C(=O)Nc2ccc(C)cc2C)cc1Cl. The highest BCUT2D eigenvalue weighted by atomic mass is 35.5. The van der Waals surface area contributed by atoms with Crippen molar-refractivity contribution in [3.05, 3.63) is 58.1 Å². The van der Waals surface area contributed by atoms with Crippen molar-refractivity contribution in [2.24, 2.45) is 0 Å². The topological polar surface area (TPSA) is 38.3 Å². The molecule has 0 atom stereocenters. The van der Waals surface area contributed by atoms with Crippen molar-refractivity contribution in [1.29, 1.82) is 0 Å². The molecule has 0 bridgehead atoms. The Hall–Kier alpha value is -2.00. The second-order valence-corrected chi connectivity index (χ2v) is 5.26. The maximum atomic E-state index is 12.3. The van der Waals surface area contributed by atoms with Gasteiger partial charge in [-0.15, -0.1) is 0 Å². The van der Waals surface area contributed by atoms with Crippen molar-refractivity contribution in [3.8, 4) is 5.75 Å². The summed E-state index contributed by atoms with van der Waals surface area (Å²) in [4.78, 5) is 12.3. The summed E-state index contributed by atoms with van der Waals surface area (Å²) in [7, 11) is 0. The van der Waals surface area contributed by atoms with Gasteiger partial charge in [0.25, 0.3) is 5.91 Å². The van der Waals surface area contributed by atoms with Crippen LogP contribution in [0.4, 0.5) is 5.69 Å². The minimum Gasteiger partial charge on any atom is -0.492 e. The molecule has 0 spiro atoms. The lowest BCUT2D eigenvalue weighted by Crippen LogP contribution is -2.13. The van der Waals surface area contributed by atoms with Gasteiger partial charge >= 0.3 is 0 Å². The first-order chi connectivity index (χ1) is 10.0. The Kier molecular flexibility index (Phi) is 4.86. The third kappa shape index (κ3) is 3.76. The van der Waals surface area contributed by atoms with Crippen LogP contribution in [0, 0.1) is 13.8 Å². The standard InChI is InChI=1S/C17H18ClNO2/c1-4-21-16-8-6-13(10-14(16)18)17(20)19-15-7-5-11(2)9-12(15)3/h5-10H,4H2,1-3H3,(H,19,20). The molecule has 0 saturated heterocycles. The highest BCUT2D eigenvalue weighted by Gasteiger charge is 2.10. The molecule has 0 aromatic heterocycles. The van der Waals surface area contributed by atoms with Gasteiger partial charge in [-0.25, -0.2) is 0 Å². The summed E-state index contributed by atoms with van der Waals surface area (Å²) in [6.07, 6.45) is 0. The van der Waals surface area contributed by atoms with Crippen LogP contribution in [0.5, 0.6) is 5.75 Å². The molecule has 0 aliphatic carbocycles. The number of anilines is 1. The fourth-order valence-electron chi connectivity index (χ4n) is 2.06. The van der Waals surface area contributed by atoms with Crippen LogP contribution in [0.25, 0.3) is 0 Å². The van der Waals surface area contributed by atoms with Gasteiger partial charge in [-0.3, -0.25) is 4.79 Å². The second-order valence-electron chi connectivity index (χ2n) is 4.85. The van der Waals surface area contributed by atoms with E-state index in [1.165, 1.54) is 0 Å². The highest BCUT2D eigenvalue weighted by Crippen LogP contribution is 2.26. The molecule has 0 fully saturated rings. The van der Waals surface area contributed by atoms with Gasteiger partial charge in [0, 0.05) is 11.3 Å². The maximum absolute atomic E-state index is 12.3. The van der Waals surface area contributed by atoms with Gasteiger partial charge in [-0.2, -0.15) is 0 Å². The molecule has 4 heteroatoms. The van der Waals surface area contributed by atoms with Crippen LogP contribution in [0.1, 0.15) is 28.4 Å². The number of halogens is 1. The first-order valence-electron chi connectivity index (χ1n) is 6.82. The van der Waals surface area contributed by atoms with Crippen molar-refractivity contribution in [2.45, 2.75) is 20.8 Å². The number of rotatable bonds is 4. The molecular formula is C17H18ClNO2. The average molecular weight is 304 g/mol. The molecule has 2 rings (SSSR count). The van der Waals surface area contributed by atoms with Gasteiger partial charge in [-0.05, 0) is 50.6 Å². The van der Waals surface area contributed by atoms with Gasteiger partial charge in [0.2, 0.25) is 0 Å². The van der Waals surface area contributed by atoms with Gasteiger partial charge in [0.1, 0.15) is 5.75 Å². The van der Waals surface area contributed by atoms with E-state index in [9.17, 15) is 4.79 Å². The number of nitrogens with one attached hydrogen (secondary N) is 1. The second kappa shape index (κ2) is 6.64. The summed E-state index contributed by atoms with van der Waals surface area (Å²) in [6, 6.07) is 10.9. The van der Waals surface area contributed by atoms with E-state index in [0.29, 0.717) is 22.9 Å². The molecule has 0 aliphatic heterocycles. The fourth-order valence-corrected chi connectivity index (χ4v) is 2.30. The number of amides is 1. The number of benzene rings is 2. The lowest BCUT2D eigenvalue weighted by Gasteiger charge is -2.11. The zero-order valence-electron chi connectivity index (χ0n) is 12.4. The first-order valence-corrected chi connectivity index (χ1v) is 7.20. The zero-order chi connectivity index (χ0) is 15.4. The molecule has 1 N–H and O–H groups in total. The predicted molar refractivity (Wildman–Crippen MR) is 86.5 cm³/mol. The summed E-state index contributed by atoms with van der Waals surface area (Å²) in [5.74, 6) is 0.397. The van der Waals surface area contributed by atoms with E-state index in [1.807, 2.05) is 39.0 Å². The van der Waals surface area contributed by atoms with Crippen molar-refractivity contribution in [2.75, 3.05) is 11.9 Å². The molecule has 3 nitrogen and oxygen atoms in total. The van der Waals surface area contributed by atoms with Gasteiger partial charge in [-0.1, -0.05) is 29.3 Å². The molecule has 1 amide bonds. The third-order valence-electron chi connectivity index (χ3n) is 3.12. The Morgan fingerprint density at radius 3 is 2.57 bits per heavy atom. The molecule has 0 unspecified atom stereocenters. The third-order valence-corrected chi connectivity index (χ3v) is 3.42. The number of hydrogen-bond acceptors (Lipinski definition) is 2. The molecule has 0 saturated carbocycles. The lowest BCUT2D eigenvalue weighted by molar-refractivity contribution is 0.102. The van der Waals surface area contributed by atoms with Crippen LogP contribution >= 0.6 is 11.6 Å². The summed E-state index contributed by atoms with van der Waals surface area (Å²) >= 11 is 6.10. The Bertz CT molecular complexity index is 668. The average Bonchev–Trinajstić information content (AvgIpc) is 2.44. The minimum atomic E-state index is -0.188. The van der Waals surface area contributed by atoms with E-state index < -0.39 is 0 Å². The summed E-state index contributed by atoms with van der Waals surface area (Å²) in [6.45, 7) is 6.41. The van der Waals surface area contributed by atoms with Crippen molar-refractivity contribution in [1.82, 2.24) is 0 Å². The van der Waals surface area contributed by atoms with Crippen LogP contribution in [-0.2, 0) is 0 Å². The van der Waals surface area contributed by atoms with Crippen LogP contribution in [-0.4, -0.2) is 12.5 Å². The molecular weight excluding hydrogens is 286 g/mol. The van der Waals surface area contributed by atoms with E-state index in [1.54, 1.807) is 18.2 Å². The number of carbonyl (C=O) groups excluding carboxylic acids is 1. The quantitative estimate of drug-likeness (QED) is 0.896. The molecule has 0 heterocycles. The van der Waals surface area contributed by atoms with E-state index >= 15 is 0 Å². The fraction of sp³-hybridized carbons (Fsp3) is 0.235.